The summed E-state index contributed by atoms with van der Waals surface area (Å²) in [6.07, 6.45) is 0. The predicted octanol–water partition coefficient (Wildman–Crippen LogP) is -0.145. The van der Waals surface area contributed by atoms with E-state index in [1.807, 2.05) is 0 Å². The molecule has 1 aromatic carbocycles. The molecule has 1 amide bonds. The van der Waals surface area contributed by atoms with Crippen molar-refractivity contribution >= 4 is 34.6 Å². The topological polar surface area (TPSA) is 76.1 Å². The average Bonchev–Trinajstić information content (AvgIpc) is 2.55. The molecule has 2 rings (SSSR count). The summed E-state index contributed by atoms with van der Waals surface area (Å²) < 4.78 is 10.7. The molecule has 1 heterocycles. The Hall–Kier alpha value is -1.90. The van der Waals surface area contributed by atoms with Crippen LogP contribution in [0.4, 0.5) is 11.4 Å². The summed E-state index contributed by atoms with van der Waals surface area (Å²) in [4.78, 5) is 12.7. The van der Waals surface area contributed by atoms with Gasteiger partial charge in [-0.1, -0.05) is 0 Å². The normalized spacial score (nSPS) is 14.8. The first-order valence-electron chi connectivity index (χ1n) is 8.00. The van der Waals surface area contributed by atoms with Crippen molar-refractivity contribution in [2.75, 3.05) is 57.1 Å². The van der Waals surface area contributed by atoms with E-state index in [1.165, 1.54) is 11.8 Å². The van der Waals surface area contributed by atoms with Crippen LogP contribution in [0.1, 0.15) is 6.92 Å². The molecule has 0 spiro atoms. The summed E-state index contributed by atoms with van der Waals surface area (Å²) in [5.74, 6) is 0.535. The molecule has 1 aliphatic rings. The number of carbonyl (C=O) groups is 1. The number of morpholine rings is 1. The number of nitrogens with one attached hydrogen (secondary N) is 4. The minimum atomic E-state index is -0.125. The lowest BCUT2D eigenvalue weighted by Crippen LogP contribution is -3.14. The Kier molecular flexibility index (Phi) is 7.23. The highest BCUT2D eigenvalue weighted by Crippen LogP contribution is 2.27. The molecule has 0 atom stereocenters. The third-order valence-corrected chi connectivity index (χ3v) is 3.98. The molecule has 24 heavy (non-hydrogen) atoms. The maximum Gasteiger partial charge on any atom is 0.221 e. The molecule has 0 unspecified atom stereocenters. The van der Waals surface area contributed by atoms with Gasteiger partial charge in [-0.05, 0) is 30.4 Å². The number of amides is 1. The predicted molar refractivity (Wildman–Crippen MR) is 97.9 cm³/mol. The fourth-order valence-electron chi connectivity index (χ4n) is 2.52. The van der Waals surface area contributed by atoms with E-state index >= 15 is 0 Å². The first-order valence-corrected chi connectivity index (χ1v) is 8.41. The molecule has 0 saturated carbocycles. The number of ether oxygens (including phenoxy) is 2. The first kappa shape index (κ1) is 18.4. The number of hydrogen-bond donors (Lipinski definition) is 4. The second kappa shape index (κ2) is 9.41. The van der Waals surface area contributed by atoms with Crippen LogP contribution in [0.5, 0.6) is 5.75 Å². The summed E-state index contributed by atoms with van der Waals surface area (Å²) in [5, 5.41) is 9.60. The van der Waals surface area contributed by atoms with Crippen molar-refractivity contribution in [3.8, 4) is 5.75 Å². The molecule has 0 bridgehead atoms. The van der Waals surface area contributed by atoms with Crippen molar-refractivity contribution in [2.45, 2.75) is 6.92 Å². The van der Waals surface area contributed by atoms with Gasteiger partial charge >= 0.3 is 0 Å². The summed E-state index contributed by atoms with van der Waals surface area (Å²) in [6.45, 7) is 6.97. The molecule has 1 fully saturated rings. The van der Waals surface area contributed by atoms with E-state index in [2.05, 4.69) is 16.0 Å². The van der Waals surface area contributed by atoms with Crippen LogP contribution in [0.2, 0.25) is 0 Å². The zero-order valence-corrected chi connectivity index (χ0v) is 14.9. The van der Waals surface area contributed by atoms with Crippen molar-refractivity contribution < 1.29 is 19.2 Å². The van der Waals surface area contributed by atoms with Crippen LogP contribution in [0, 0.1) is 0 Å². The van der Waals surface area contributed by atoms with Crippen LogP contribution in [0.25, 0.3) is 0 Å². The zero-order valence-electron chi connectivity index (χ0n) is 14.1. The number of methoxy groups -OCH3 is 1. The first-order chi connectivity index (χ1) is 11.6. The largest absolute Gasteiger partial charge is 0.495 e. The number of anilines is 2. The van der Waals surface area contributed by atoms with Gasteiger partial charge in [0.2, 0.25) is 5.91 Å². The van der Waals surface area contributed by atoms with E-state index in [9.17, 15) is 4.79 Å². The van der Waals surface area contributed by atoms with Crippen LogP contribution in [0.3, 0.4) is 0 Å². The maximum absolute atomic E-state index is 11.2. The lowest BCUT2D eigenvalue weighted by Gasteiger charge is -2.24. The van der Waals surface area contributed by atoms with Gasteiger partial charge < -0.3 is 30.3 Å². The molecule has 0 radical (unpaired) electrons. The molecule has 0 aliphatic carbocycles. The van der Waals surface area contributed by atoms with E-state index < -0.39 is 0 Å². The van der Waals surface area contributed by atoms with E-state index in [4.69, 9.17) is 21.7 Å². The molecule has 0 aromatic heterocycles. The van der Waals surface area contributed by atoms with Crippen molar-refractivity contribution in [1.29, 1.82) is 0 Å². The maximum atomic E-state index is 11.2. The minimum absolute atomic E-state index is 0.125. The molecule has 1 saturated heterocycles. The van der Waals surface area contributed by atoms with Gasteiger partial charge in [0.15, 0.2) is 5.11 Å². The van der Waals surface area contributed by atoms with E-state index in [0.29, 0.717) is 22.2 Å². The summed E-state index contributed by atoms with van der Waals surface area (Å²) in [7, 11) is 1.59. The van der Waals surface area contributed by atoms with Crippen LogP contribution in [-0.4, -0.2) is 57.5 Å². The van der Waals surface area contributed by atoms with E-state index in [-0.39, 0.29) is 5.91 Å². The van der Waals surface area contributed by atoms with Gasteiger partial charge in [0.05, 0.1) is 39.1 Å². The molecular formula is C16H25N4O3S+. The van der Waals surface area contributed by atoms with Crippen LogP contribution in [-0.2, 0) is 9.53 Å². The van der Waals surface area contributed by atoms with Crippen molar-refractivity contribution in [1.82, 2.24) is 5.32 Å². The van der Waals surface area contributed by atoms with Crippen molar-refractivity contribution in [2.24, 2.45) is 0 Å². The van der Waals surface area contributed by atoms with Gasteiger partial charge in [-0.25, -0.2) is 0 Å². The molecular weight excluding hydrogens is 328 g/mol. The Morgan fingerprint density at radius 3 is 2.75 bits per heavy atom. The number of carbonyl (C=O) groups excluding carboxylic acids is 1. The third-order valence-electron chi connectivity index (χ3n) is 3.73. The molecule has 8 heteroatoms. The minimum Gasteiger partial charge on any atom is -0.495 e. The highest BCUT2D eigenvalue weighted by molar-refractivity contribution is 7.80. The van der Waals surface area contributed by atoms with Crippen molar-refractivity contribution in [3.63, 3.8) is 0 Å². The smallest absolute Gasteiger partial charge is 0.221 e. The molecule has 1 aliphatic heterocycles. The van der Waals surface area contributed by atoms with Gasteiger partial charge in [-0.3, -0.25) is 4.79 Å². The average molecular weight is 353 g/mol. The lowest BCUT2D eigenvalue weighted by atomic mass is 10.2. The van der Waals surface area contributed by atoms with E-state index in [1.54, 1.807) is 25.3 Å². The molecule has 4 N–H and O–H groups in total. The standard InChI is InChI=1S/C16H24N4O3S/c1-12(21)18-13-3-4-15(22-2)14(11-13)19-16(24)17-5-6-20-7-9-23-10-8-20/h3-4,11H,5-10H2,1-2H3,(H,18,21)(H2,17,19,24)/p+1. The highest BCUT2D eigenvalue weighted by atomic mass is 32.1. The Labute approximate surface area is 147 Å². The van der Waals surface area contributed by atoms with Crippen LogP contribution in [0.15, 0.2) is 18.2 Å². The van der Waals surface area contributed by atoms with Gasteiger partial charge in [-0.15, -0.1) is 0 Å². The number of hydrogen-bond acceptors (Lipinski definition) is 4. The van der Waals surface area contributed by atoms with Gasteiger partial charge in [-0.2, -0.15) is 0 Å². The van der Waals surface area contributed by atoms with Gasteiger partial charge in [0.1, 0.15) is 18.8 Å². The zero-order chi connectivity index (χ0) is 17.4. The quantitative estimate of drug-likeness (QED) is 0.533. The summed E-state index contributed by atoms with van der Waals surface area (Å²) in [5.41, 5.74) is 1.39. The fraction of sp³-hybridized carbons (Fsp3) is 0.500. The molecule has 1 aromatic rings. The van der Waals surface area contributed by atoms with E-state index in [0.717, 1.165) is 39.4 Å². The fourth-order valence-corrected chi connectivity index (χ4v) is 2.73. The van der Waals surface area contributed by atoms with Gasteiger partial charge in [0, 0.05) is 12.6 Å². The van der Waals surface area contributed by atoms with Crippen LogP contribution < -0.4 is 25.6 Å². The lowest BCUT2D eigenvalue weighted by molar-refractivity contribution is -0.906. The summed E-state index contributed by atoms with van der Waals surface area (Å²) >= 11 is 5.34. The number of benzene rings is 1. The second-order valence-electron chi connectivity index (χ2n) is 5.59. The Morgan fingerprint density at radius 1 is 1.33 bits per heavy atom. The van der Waals surface area contributed by atoms with Crippen molar-refractivity contribution in [3.05, 3.63) is 18.2 Å². The highest BCUT2D eigenvalue weighted by Gasteiger charge is 2.13. The Bertz CT molecular complexity index is 576. The number of rotatable bonds is 6. The Balaban J connectivity index is 1.86. The number of thiocarbonyl (C=S) groups is 1. The monoisotopic (exact) mass is 353 g/mol. The van der Waals surface area contributed by atoms with Crippen LogP contribution >= 0.6 is 12.2 Å². The van der Waals surface area contributed by atoms with Gasteiger partial charge in [0.25, 0.3) is 0 Å². The Morgan fingerprint density at radius 2 is 2.08 bits per heavy atom. The molecule has 132 valence electrons. The SMILES string of the molecule is COc1ccc(NC(C)=O)cc1NC(=S)NCC[NH+]1CCOCC1. The summed E-state index contributed by atoms with van der Waals surface area (Å²) in [6, 6.07) is 5.36. The third kappa shape index (κ3) is 5.95. The second-order valence-corrected chi connectivity index (χ2v) is 6.00. The number of quaternary nitrogens is 1. The molecule has 7 nitrogen and oxygen atoms in total.